The van der Waals surface area contributed by atoms with E-state index in [1.54, 1.807) is 0 Å². The topological polar surface area (TPSA) is 14.7 Å². The molecule has 0 aliphatic carbocycles. The van der Waals surface area contributed by atoms with Gasteiger partial charge in [0.2, 0.25) is 0 Å². The average molecular weight is 232 g/mol. The lowest BCUT2D eigenvalue weighted by Crippen LogP contribution is -2.77. The highest BCUT2D eigenvalue weighted by molar-refractivity contribution is 5.28. The van der Waals surface area contributed by atoms with Crippen LogP contribution in [0.15, 0.2) is 18.3 Å². The van der Waals surface area contributed by atoms with Gasteiger partial charge in [-0.25, -0.2) is 0 Å². The second-order valence-corrected chi connectivity index (χ2v) is 6.01. The predicted molar refractivity (Wildman–Crippen MR) is 66.4 cm³/mol. The van der Waals surface area contributed by atoms with Crippen LogP contribution in [0.1, 0.15) is 12.6 Å². The van der Waals surface area contributed by atoms with Crippen molar-refractivity contribution in [1.29, 1.82) is 0 Å². The molecule has 0 aromatic carbocycles. The molecule has 4 heteroatoms. The van der Waals surface area contributed by atoms with E-state index < -0.39 is 0 Å². The standard InChI is InChI=1S/C13H20N4/c1-11-13(12-4-3-5-14(12)2)6-15-8-16(7-13)10-17(11)9-15/h3-5,11H,6-10H2,1-2H3/t11-/m1/s1. The van der Waals surface area contributed by atoms with E-state index in [-0.39, 0.29) is 0 Å². The maximum absolute atomic E-state index is 2.61. The van der Waals surface area contributed by atoms with E-state index in [2.05, 4.69) is 51.6 Å². The Kier molecular flexibility index (Phi) is 1.86. The monoisotopic (exact) mass is 232 g/mol. The molecule has 0 radical (unpaired) electrons. The van der Waals surface area contributed by atoms with Gasteiger partial charge in [0, 0.05) is 38.1 Å². The molecule has 5 rings (SSSR count). The minimum atomic E-state index is 0.312. The van der Waals surface area contributed by atoms with Gasteiger partial charge in [0.1, 0.15) is 0 Å². The summed E-state index contributed by atoms with van der Waals surface area (Å²) in [5.74, 6) is 0. The Morgan fingerprint density at radius 3 is 2.47 bits per heavy atom. The van der Waals surface area contributed by atoms with Crippen LogP contribution >= 0.6 is 0 Å². The summed E-state index contributed by atoms with van der Waals surface area (Å²) in [5, 5.41) is 0. The number of hydrogen-bond acceptors (Lipinski definition) is 3. The van der Waals surface area contributed by atoms with Gasteiger partial charge in [-0.05, 0) is 19.1 Å². The molecule has 4 saturated heterocycles. The largest absolute Gasteiger partial charge is 0.354 e. The van der Waals surface area contributed by atoms with Gasteiger partial charge in [-0.2, -0.15) is 0 Å². The molecule has 4 nitrogen and oxygen atoms in total. The zero-order valence-corrected chi connectivity index (χ0v) is 10.6. The molecule has 3 atom stereocenters. The van der Waals surface area contributed by atoms with Gasteiger partial charge in [-0.15, -0.1) is 0 Å². The Morgan fingerprint density at radius 2 is 1.88 bits per heavy atom. The van der Waals surface area contributed by atoms with Crippen molar-refractivity contribution in [2.24, 2.45) is 7.05 Å². The molecule has 4 fully saturated rings. The predicted octanol–water partition coefficient (Wildman–Crippen LogP) is 0.471. The summed E-state index contributed by atoms with van der Waals surface area (Å²) in [6.45, 7) is 8.33. The first-order valence-electron chi connectivity index (χ1n) is 6.50. The summed E-state index contributed by atoms with van der Waals surface area (Å²) in [6.07, 6.45) is 2.18. The van der Waals surface area contributed by atoms with Gasteiger partial charge in [-0.3, -0.25) is 14.7 Å². The van der Waals surface area contributed by atoms with Crippen LogP contribution < -0.4 is 0 Å². The minimum absolute atomic E-state index is 0.312. The van der Waals surface area contributed by atoms with Crippen molar-refractivity contribution < 1.29 is 0 Å². The van der Waals surface area contributed by atoms with E-state index in [0.717, 1.165) is 20.0 Å². The van der Waals surface area contributed by atoms with Gasteiger partial charge in [0.05, 0.1) is 25.4 Å². The van der Waals surface area contributed by atoms with Crippen molar-refractivity contribution in [2.75, 3.05) is 33.1 Å². The van der Waals surface area contributed by atoms with Crippen LogP contribution in [0, 0.1) is 0 Å². The molecule has 1 aromatic rings. The molecule has 0 N–H and O–H groups in total. The zero-order chi connectivity index (χ0) is 11.6. The molecule has 2 unspecified atom stereocenters. The molecule has 4 aliphatic rings. The molecule has 4 aliphatic heterocycles. The van der Waals surface area contributed by atoms with Crippen LogP contribution in [0.2, 0.25) is 0 Å². The Balaban J connectivity index is 1.84. The highest BCUT2D eigenvalue weighted by Gasteiger charge is 2.54. The summed E-state index contributed by atoms with van der Waals surface area (Å²) < 4.78 is 2.31. The average Bonchev–Trinajstić information content (AvgIpc) is 2.71. The Morgan fingerprint density at radius 1 is 1.18 bits per heavy atom. The van der Waals surface area contributed by atoms with Crippen molar-refractivity contribution >= 4 is 0 Å². The first kappa shape index (κ1) is 10.1. The number of aryl methyl sites for hydroxylation is 1. The van der Waals surface area contributed by atoms with Crippen molar-refractivity contribution in [2.45, 2.75) is 18.4 Å². The summed E-state index contributed by atoms with van der Waals surface area (Å²) in [6, 6.07) is 5.15. The van der Waals surface area contributed by atoms with E-state index in [0.29, 0.717) is 11.5 Å². The fourth-order valence-corrected chi connectivity index (χ4v) is 4.19. The van der Waals surface area contributed by atoms with Gasteiger partial charge in [0.15, 0.2) is 0 Å². The third-order valence-corrected chi connectivity index (χ3v) is 4.98. The zero-order valence-electron chi connectivity index (χ0n) is 10.6. The molecular formula is C13H20N4. The molecule has 92 valence electrons. The van der Waals surface area contributed by atoms with Gasteiger partial charge in [-0.1, -0.05) is 0 Å². The van der Waals surface area contributed by atoms with Crippen LogP contribution in [-0.4, -0.2) is 58.4 Å². The second-order valence-electron chi connectivity index (χ2n) is 6.01. The second kappa shape index (κ2) is 3.13. The third kappa shape index (κ3) is 1.18. The van der Waals surface area contributed by atoms with Gasteiger partial charge in [0.25, 0.3) is 0 Å². The number of rotatable bonds is 1. The smallest absolute Gasteiger partial charge is 0.0533 e. The summed E-state index contributed by atoms with van der Waals surface area (Å²) >= 11 is 0. The van der Waals surface area contributed by atoms with Crippen molar-refractivity contribution in [1.82, 2.24) is 19.3 Å². The Labute approximate surface area is 102 Å². The van der Waals surface area contributed by atoms with Crippen LogP contribution in [0.4, 0.5) is 0 Å². The lowest BCUT2D eigenvalue weighted by molar-refractivity contribution is -0.173. The minimum Gasteiger partial charge on any atom is -0.354 e. The van der Waals surface area contributed by atoms with Crippen molar-refractivity contribution in [3.8, 4) is 0 Å². The van der Waals surface area contributed by atoms with E-state index >= 15 is 0 Å². The number of aromatic nitrogens is 1. The van der Waals surface area contributed by atoms with Crippen molar-refractivity contribution in [3.63, 3.8) is 0 Å². The highest BCUT2D eigenvalue weighted by atomic mass is 15.5. The SMILES string of the molecule is C[C@H]1N2CN3CN(C2)CC1(c1cccn1C)C3. The third-order valence-electron chi connectivity index (χ3n) is 4.98. The quantitative estimate of drug-likeness (QED) is 0.699. The van der Waals surface area contributed by atoms with Gasteiger partial charge >= 0.3 is 0 Å². The Bertz CT molecular complexity index is 438. The van der Waals surface area contributed by atoms with Crippen LogP contribution in [0.5, 0.6) is 0 Å². The van der Waals surface area contributed by atoms with Crippen LogP contribution in [0.3, 0.4) is 0 Å². The fourth-order valence-electron chi connectivity index (χ4n) is 4.19. The highest BCUT2D eigenvalue weighted by Crippen LogP contribution is 2.42. The number of hydrogen-bond donors (Lipinski definition) is 0. The summed E-state index contributed by atoms with van der Waals surface area (Å²) in [4.78, 5) is 7.78. The molecule has 4 bridgehead atoms. The van der Waals surface area contributed by atoms with Crippen LogP contribution in [-0.2, 0) is 12.5 Å². The maximum atomic E-state index is 2.61. The van der Waals surface area contributed by atoms with E-state index in [1.807, 2.05) is 0 Å². The maximum Gasteiger partial charge on any atom is 0.0533 e. The lowest BCUT2D eigenvalue weighted by Gasteiger charge is -2.64. The lowest BCUT2D eigenvalue weighted by atomic mass is 9.72. The molecule has 0 amide bonds. The molecule has 17 heavy (non-hydrogen) atoms. The molecular weight excluding hydrogens is 212 g/mol. The summed E-state index contributed by atoms with van der Waals surface area (Å²) in [5.41, 5.74) is 1.82. The van der Waals surface area contributed by atoms with E-state index in [9.17, 15) is 0 Å². The summed E-state index contributed by atoms with van der Waals surface area (Å²) in [7, 11) is 2.18. The van der Waals surface area contributed by atoms with Gasteiger partial charge < -0.3 is 4.57 Å². The number of nitrogens with zero attached hydrogens (tertiary/aromatic N) is 4. The Hall–Kier alpha value is -0.840. The first-order valence-corrected chi connectivity index (χ1v) is 6.50. The first-order chi connectivity index (χ1) is 8.19. The molecule has 0 saturated carbocycles. The van der Waals surface area contributed by atoms with E-state index in [1.165, 1.54) is 18.8 Å². The molecule has 0 spiro atoms. The fraction of sp³-hybridized carbons (Fsp3) is 0.692. The molecule has 1 aromatic heterocycles. The van der Waals surface area contributed by atoms with Crippen molar-refractivity contribution in [3.05, 3.63) is 24.0 Å². The van der Waals surface area contributed by atoms with E-state index in [4.69, 9.17) is 0 Å². The molecule has 5 heterocycles. The van der Waals surface area contributed by atoms with Crippen LogP contribution in [0.25, 0.3) is 0 Å². The normalized spacial score (nSPS) is 47.6.